The molecule has 2 aromatic rings. The molecule has 0 bridgehead atoms. The van der Waals surface area contributed by atoms with Gasteiger partial charge in [0.1, 0.15) is 11.6 Å². The van der Waals surface area contributed by atoms with Crippen molar-refractivity contribution in [3.8, 4) is 5.75 Å². The van der Waals surface area contributed by atoms with Crippen molar-refractivity contribution < 1.29 is 9.53 Å². The zero-order valence-electron chi connectivity index (χ0n) is 16.4. The highest BCUT2D eigenvalue weighted by atomic mass is 35.5. The van der Waals surface area contributed by atoms with Gasteiger partial charge >= 0.3 is 0 Å². The predicted molar refractivity (Wildman–Crippen MR) is 117 cm³/mol. The fourth-order valence-electron chi connectivity index (χ4n) is 2.76. The molecule has 1 N–H and O–H groups in total. The summed E-state index contributed by atoms with van der Waals surface area (Å²) in [5.41, 5.74) is 0.698. The van der Waals surface area contributed by atoms with E-state index in [4.69, 9.17) is 27.9 Å². The molecule has 0 radical (unpaired) electrons. The summed E-state index contributed by atoms with van der Waals surface area (Å²) >= 11 is 11.9. The number of amides is 1. The van der Waals surface area contributed by atoms with Gasteiger partial charge in [-0.1, -0.05) is 37.0 Å². The van der Waals surface area contributed by atoms with E-state index in [9.17, 15) is 4.79 Å². The molecule has 1 heterocycles. The second-order valence-corrected chi connectivity index (χ2v) is 7.31. The molecule has 1 amide bonds. The van der Waals surface area contributed by atoms with Gasteiger partial charge in [-0.3, -0.25) is 4.79 Å². The van der Waals surface area contributed by atoms with E-state index < -0.39 is 0 Å². The van der Waals surface area contributed by atoms with Gasteiger partial charge in [0.2, 0.25) is 5.91 Å². The van der Waals surface area contributed by atoms with Gasteiger partial charge < -0.3 is 15.0 Å². The van der Waals surface area contributed by atoms with E-state index in [-0.39, 0.29) is 5.91 Å². The molecule has 0 aliphatic carbocycles. The van der Waals surface area contributed by atoms with E-state index in [1.54, 1.807) is 24.4 Å². The maximum absolute atomic E-state index is 12.1. The van der Waals surface area contributed by atoms with Crippen LogP contribution in [0.5, 0.6) is 5.75 Å². The third-order valence-corrected chi connectivity index (χ3v) is 4.57. The lowest BCUT2D eigenvalue weighted by atomic mass is 10.3. The van der Waals surface area contributed by atoms with Gasteiger partial charge in [0.25, 0.3) is 0 Å². The van der Waals surface area contributed by atoms with Crippen molar-refractivity contribution in [3.63, 3.8) is 0 Å². The minimum absolute atomic E-state index is 0.0701. The summed E-state index contributed by atoms with van der Waals surface area (Å²) in [6, 6.07) is 8.91. The molecule has 0 saturated carbocycles. The number of hydrogen-bond acceptors (Lipinski definition) is 4. The molecule has 5 nitrogen and oxygen atoms in total. The highest BCUT2D eigenvalue weighted by Crippen LogP contribution is 2.27. The van der Waals surface area contributed by atoms with Crippen LogP contribution in [-0.2, 0) is 4.79 Å². The lowest BCUT2D eigenvalue weighted by molar-refractivity contribution is -0.116. The Labute approximate surface area is 177 Å². The van der Waals surface area contributed by atoms with Crippen LogP contribution in [0.4, 0.5) is 11.5 Å². The van der Waals surface area contributed by atoms with Crippen LogP contribution < -0.4 is 15.0 Å². The number of carbonyl (C=O) groups is 1. The first-order valence-corrected chi connectivity index (χ1v) is 10.4. The van der Waals surface area contributed by atoms with E-state index in [1.165, 1.54) is 0 Å². The molecule has 7 heteroatoms. The molecule has 1 aromatic heterocycles. The Kier molecular flexibility index (Phi) is 9.38. The Bertz CT molecular complexity index is 748. The number of ether oxygens (including phenoxy) is 1. The lowest BCUT2D eigenvalue weighted by Crippen LogP contribution is -2.25. The molecule has 1 aromatic carbocycles. The molecule has 0 aliphatic heterocycles. The molecule has 0 unspecified atom stereocenters. The molecule has 0 aliphatic rings. The molecular weight excluding hydrogens is 397 g/mol. The van der Waals surface area contributed by atoms with E-state index in [2.05, 4.69) is 29.0 Å². The van der Waals surface area contributed by atoms with Gasteiger partial charge in [0, 0.05) is 24.5 Å². The molecule has 2 rings (SSSR count). The van der Waals surface area contributed by atoms with Crippen molar-refractivity contribution in [2.45, 2.75) is 39.5 Å². The largest absolute Gasteiger partial charge is 0.492 e. The van der Waals surface area contributed by atoms with Crippen LogP contribution >= 0.6 is 23.2 Å². The maximum atomic E-state index is 12.1. The Morgan fingerprint density at radius 2 is 1.89 bits per heavy atom. The highest BCUT2D eigenvalue weighted by Gasteiger charge is 2.08. The summed E-state index contributed by atoms with van der Waals surface area (Å²) in [5.74, 6) is 1.43. The summed E-state index contributed by atoms with van der Waals surface area (Å²) in [4.78, 5) is 18.8. The molecule has 28 heavy (non-hydrogen) atoms. The Hall–Kier alpha value is -1.98. The quantitative estimate of drug-likeness (QED) is 0.463. The molecule has 0 saturated heterocycles. The first kappa shape index (κ1) is 22.3. The summed E-state index contributed by atoms with van der Waals surface area (Å²) in [5, 5.41) is 3.89. The van der Waals surface area contributed by atoms with Crippen LogP contribution in [0.15, 0.2) is 36.5 Å². The fourth-order valence-corrected chi connectivity index (χ4v) is 3.22. The summed E-state index contributed by atoms with van der Waals surface area (Å²) < 4.78 is 5.59. The molecule has 0 atom stereocenters. The first-order chi connectivity index (χ1) is 13.5. The van der Waals surface area contributed by atoms with Crippen LogP contribution in [0.3, 0.4) is 0 Å². The third-order valence-electron chi connectivity index (χ3n) is 4.04. The number of aromatic nitrogens is 1. The monoisotopic (exact) mass is 423 g/mol. The smallest absolute Gasteiger partial charge is 0.224 e. The summed E-state index contributed by atoms with van der Waals surface area (Å²) in [6.07, 6.45) is 4.78. The van der Waals surface area contributed by atoms with Crippen molar-refractivity contribution in [2.75, 3.05) is 29.9 Å². The highest BCUT2D eigenvalue weighted by molar-refractivity contribution is 6.35. The van der Waals surface area contributed by atoms with E-state index in [0.717, 1.165) is 31.7 Å². The lowest BCUT2D eigenvalue weighted by Gasteiger charge is -2.22. The van der Waals surface area contributed by atoms with Gasteiger partial charge in [-0.25, -0.2) is 4.98 Å². The minimum Gasteiger partial charge on any atom is -0.492 e. The second kappa shape index (κ2) is 11.8. The van der Waals surface area contributed by atoms with Gasteiger partial charge in [-0.05, 0) is 49.6 Å². The Morgan fingerprint density at radius 1 is 1.14 bits per heavy atom. The van der Waals surface area contributed by atoms with Crippen molar-refractivity contribution >= 4 is 40.6 Å². The summed E-state index contributed by atoms with van der Waals surface area (Å²) in [7, 11) is 0. The van der Waals surface area contributed by atoms with Crippen LogP contribution in [-0.4, -0.2) is 30.6 Å². The molecule has 0 fully saturated rings. The zero-order valence-corrected chi connectivity index (χ0v) is 17.9. The Morgan fingerprint density at radius 3 is 2.50 bits per heavy atom. The van der Waals surface area contributed by atoms with Crippen LogP contribution in [0.2, 0.25) is 10.0 Å². The van der Waals surface area contributed by atoms with Gasteiger partial charge in [-0.15, -0.1) is 0 Å². The van der Waals surface area contributed by atoms with E-state index in [0.29, 0.717) is 40.9 Å². The predicted octanol–water partition coefficient (Wildman–Crippen LogP) is 5.81. The number of rotatable bonds is 11. The second-order valence-electron chi connectivity index (χ2n) is 6.47. The van der Waals surface area contributed by atoms with Gasteiger partial charge in [0.15, 0.2) is 0 Å². The van der Waals surface area contributed by atoms with E-state index in [1.807, 2.05) is 12.1 Å². The van der Waals surface area contributed by atoms with Gasteiger partial charge in [-0.2, -0.15) is 0 Å². The number of carbonyl (C=O) groups excluding carboxylic acids is 1. The standard InChI is InChI=1S/C21H27Cl2N3O2/c1-3-11-26(12-4-2)20-10-8-17(15-24-20)25-21(27)6-5-13-28-19-9-7-16(22)14-18(19)23/h7-10,14-15H,3-6,11-13H2,1-2H3,(H,25,27). The fraction of sp³-hybridized carbons (Fsp3) is 0.429. The maximum Gasteiger partial charge on any atom is 0.224 e. The number of pyridine rings is 1. The number of benzene rings is 1. The topological polar surface area (TPSA) is 54.5 Å². The molecule has 0 spiro atoms. The average molecular weight is 424 g/mol. The molecule has 152 valence electrons. The van der Waals surface area contributed by atoms with Crippen LogP contribution in [0.1, 0.15) is 39.5 Å². The van der Waals surface area contributed by atoms with E-state index >= 15 is 0 Å². The summed E-state index contributed by atoms with van der Waals surface area (Å²) in [6.45, 7) is 6.66. The van der Waals surface area contributed by atoms with Crippen molar-refractivity contribution in [3.05, 3.63) is 46.6 Å². The van der Waals surface area contributed by atoms with Crippen molar-refractivity contribution in [2.24, 2.45) is 0 Å². The minimum atomic E-state index is -0.0701. The number of nitrogens with zero attached hydrogens (tertiary/aromatic N) is 2. The number of anilines is 2. The van der Waals surface area contributed by atoms with Gasteiger partial charge in [0.05, 0.1) is 23.5 Å². The van der Waals surface area contributed by atoms with Crippen LogP contribution in [0, 0.1) is 0 Å². The zero-order chi connectivity index (χ0) is 20.4. The molecular formula is C21H27Cl2N3O2. The normalized spacial score (nSPS) is 10.6. The SMILES string of the molecule is CCCN(CCC)c1ccc(NC(=O)CCCOc2ccc(Cl)cc2Cl)cn1. The van der Waals surface area contributed by atoms with Crippen molar-refractivity contribution in [1.29, 1.82) is 0 Å². The van der Waals surface area contributed by atoms with Crippen LogP contribution in [0.25, 0.3) is 0 Å². The Balaban J connectivity index is 1.76. The average Bonchev–Trinajstić information content (AvgIpc) is 2.67. The number of halogens is 2. The first-order valence-electron chi connectivity index (χ1n) is 9.62. The third kappa shape index (κ3) is 7.21. The van der Waals surface area contributed by atoms with Crippen molar-refractivity contribution in [1.82, 2.24) is 4.98 Å². The number of hydrogen-bond donors (Lipinski definition) is 1. The number of nitrogens with one attached hydrogen (secondary N) is 1.